The molecule has 0 aromatic heterocycles. The van der Waals surface area contributed by atoms with Gasteiger partial charge in [-0.1, -0.05) is 0 Å². The molecule has 1 atom stereocenters. The molecule has 0 aromatic carbocycles. The predicted molar refractivity (Wildman–Crippen MR) is 82.9 cm³/mol. The van der Waals surface area contributed by atoms with Crippen molar-refractivity contribution in [3.8, 4) is 0 Å². The third-order valence-corrected chi connectivity index (χ3v) is 3.00. The molecule has 0 aromatic rings. The van der Waals surface area contributed by atoms with Gasteiger partial charge in [0.05, 0.1) is 11.2 Å². The first-order chi connectivity index (χ1) is 9.06. The van der Waals surface area contributed by atoms with E-state index in [1.54, 1.807) is 13.8 Å². The maximum atomic E-state index is 11.1. The van der Waals surface area contributed by atoms with Crippen LogP contribution >= 0.6 is 0 Å². The molecule has 0 radical (unpaired) electrons. The molecule has 21 heavy (non-hydrogen) atoms. The van der Waals surface area contributed by atoms with Gasteiger partial charge in [0.15, 0.2) is 0 Å². The summed E-state index contributed by atoms with van der Waals surface area (Å²) in [4.78, 5) is 11.1. The molecule has 0 amide bonds. The Bertz CT molecular complexity index is 357. The molecule has 126 valence electrons. The summed E-state index contributed by atoms with van der Waals surface area (Å²) < 4.78 is 11.4. The summed E-state index contributed by atoms with van der Waals surface area (Å²) in [6.07, 6.45) is 1.24. The largest absolute Gasteiger partial charge is 0.478 e. The number of carboxylic acids is 1. The minimum absolute atomic E-state index is 0.277. The molecule has 6 nitrogen and oxygen atoms in total. The minimum Gasteiger partial charge on any atom is -0.478 e. The highest BCUT2D eigenvalue weighted by atomic mass is 16.6. The van der Waals surface area contributed by atoms with Crippen molar-refractivity contribution in [2.75, 3.05) is 6.61 Å². The fourth-order valence-electron chi connectivity index (χ4n) is 2.32. The lowest BCUT2D eigenvalue weighted by Gasteiger charge is -2.39. The van der Waals surface area contributed by atoms with Crippen LogP contribution in [0.25, 0.3) is 0 Å². The van der Waals surface area contributed by atoms with Crippen LogP contribution in [0.3, 0.4) is 0 Å². The Kier molecular flexibility index (Phi) is 6.39. The molecule has 1 unspecified atom stereocenters. The Labute approximate surface area is 128 Å². The fourth-order valence-corrected chi connectivity index (χ4v) is 2.32. The first kappa shape index (κ1) is 20.3. The normalized spacial score (nSPS) is 16.6. The third kappa shape index (κ3) is 9.03. The molecule has 0 rings (SSSR count). The average Bonchev–Trinajstić information content (AvgIpc) is 2.09. The molecule has 0 heterocycles. The van der Waals surface area contributed by atoms with Gasteiger partial charge >= 0.3 is 5.97 Å². The van der Waals surface area contributed by atoms with Crippen LogP contribution in [0.2, 0.25) is 0 Å². The van der Waals surface area contributed by atoms with E-state index in [9.17, 15) is 4.79 Å². The van der Waals surface area contributed by atoms with Crippen molar-refractivity contribution in [2.24, 2.45) is 11.5 Å². The van der Waals surface area contributed by atoms with E-state index < -0.39 is 22.9 Å². The van der Waals surface area contributed by atoms with Crippen molar-refractivity contribution in [3.63, 3.8) is 0 Å². The molecule has 6 heteroatoms. The van der Waals surface area contributed by atoms with Gasteiger partial charge in [0.1, 0.15) is 0 Å². The highest BCUT2D eigenvalue weighted by molar-refractivity contribution is 5.76. The SMILES string of the molecule is CC(C)(N)CCOC(C)(C)CC(C)(C)OC(C)(N)C(=O)O. The highest BCUT2D eigenvalue weighted by Crippen LogP contribution is 2.29. The van der Waals surface area contributed by atoms with Gasteiger partial charge < -0.3 is 20.3 Å². The van der Waals surface area contributed by atoms with Crippen LogP contribution < -0.4 is 11.5 Å². The monoisotopic (exact) mass is 304 g/mol. The van der Waals surface area contributed by atoms with E-state index in [-0.39, 0.29) is 5.54 Å². The van der Waals surface area contributed by atoms with Crippen molar-refractivity contribution in [1.29, 1.82) is 0 Å². The Morgan fingerprint density at radius 3 is 1.86 bits per heavy atom. The van der Waals surface area contributed by atoms with Gasteiger partial charge in [-0.15, -0.1) is 0 Å². The van der Waals surface area contributed by atoms with Gasteiger partial charge in [-0.3, -0.25) is 5.73 Å². The first-order valence-corrected chi connectivity index (χ1v) is 7.22. The van der Waals surface area contributed by atoms with E-state index in [0.29, 0.717) is 13.0 Å². The van der Waals surface area contributed by atoms with Crippen molar-refractivity contribution in [3.05, 3.63) is 0 Å². The second kappa shape index (κ2) is 6.60. The lowest BCUT2D eigenvalue weighted by molar-refractivity contribution is -0.192. The number of aliphatic carboxylic acids is 1. The Morgan fingerprint density at radius 2 is 1.48 bits per heavy atom. The van der Waals surface area contributed by atoms with Crippen molar-refractivity contribution in [2.45, 2.75) is 83.8 Å². The van der Waals surface area contributed by atoms with E-state index in [1.165, 1.54) is 6.92 Å². The molecule has 0 aliphatic carbocycles. The van der Waals surface area contributed by atoms with Crippen LogP contribution in [-0.2, 0) is 14.3 Å². The topological polar surface area (TPSA) is 108 Å². The van der Waals surface area contributed by atoms with Gasteiger partial charge in [-0.2, -0.15) is 0 Å². The maximum absolute atomic E-state index is 11.1. The molecular weight excluding hydrogens is 272 g/mol. The van der Waals surface area contributed by atoms with Crippen LogP contribution in [0.4, 0.5) is 0 Å². The van der Waals surface area contributed by atoms with Crippen molar-refractivity contribution in [1.82, 2.24) is 0 Å². The number of nitrogens with two attached hydrogens (primary N) is 2. The average molecular weight is 304 g/mol. The summed E-state index contributed by atoms with van der Waals surface area (Å²) in [5, 5.41) is 9.04. The number of hydrogen-bond acceptors (Lipinski definition) is 5. The second-order valence-electron chi connectivity index (χ2n) is 7.80. The second-order valence-corrected chi connectivity index (χ2v) is 7.80. The summed E-state index contributed by atoms with van der Waals surface area (Å²) in [5.41, 5.74) is 8.36. The zero-order valence-electron chi connectivity index (χ0n) is 14.4. The standard InChI is InChI=1S/C15H32N2O4/c1-12(2,16)8-9-20-13(3,4)10-14(5,6)21-15(7,17)11(18)19/h8-10,16-17H2,1-7H3,(H,18,19). The maximum Gasteiger partial charge on any atom is 0.350 e. The summed E-state index contributed by atoms with van der Waals surface area (Å²) in [6.45, 7) is 13.3. The van der Waals surface area contributed by atoms with E-state index in [4.69, 9.17) is 26.0 Å². The Morgan fingerprint density at radius 1 is 1.00 bits per heavy atom. The number of carboxylic acid groups (broad SMARTS) is 1. The molecule has 5 N–H and O–H groups in total. The quantitative estimate of drug-likeness (QED) is 0.561. The highest BCUT2D eigenvalue weighted by Gasteiger charge is 2.39. The number of rotatable bonds is 9. The number of hydrogen-bond donors (Lipinski definition) is 3. The van der Waals surface area contributed by atoms with Gasteiger partial charge in [-0.05, 0) is 54.9 Å². The van der Waals surface area contributed by atoms with Crippen molar-refractivity contribution >= 4 is 5.97 Å². The molecule has 0 fully saturated rings. The van der Waals surface area contributed by atoms with Crippen molar-refractivity contribution < 1.29 is 19.4 Å². The van der Waals surface area contributed by atoms with Gasteiger partial charge in [0, 0.05) is 18.6 Å². The van der Waals surface area contributed by atoms with Gasteiger partial charge in [0.2, 0.25) is 5.72 Å². The lowest BCUT2D eigenvalue weighted by atomic mass is 9.91. The van der Waals surface area contributed by atoms with Crippen LogP contribution in [0.5, 0.6) is 0 Å². The fraction of sp³-hybridized carbons (Fsp3) is 0.933. The predicted octanol–water partition coefficient (Wildman–Crippen LogP) is 1.85. The molecule has 0 aliphatic heterocycles. The van der Waals surface area contributed by atoms with Gasteiger partial charge in [-0.25, -0.2) is 4.79 Å². The number of ether oxygens (including phenoxy) is 2. The summed E-state index contributed by atoms with van der Waals surface area (Å²) in [6, 6.07) is 0. The summed E-state index contributed by atoms with van der Waals surface area (Å²) in [7, 11) is 0. The lowest BCUT2D eigenvalue weighted by Crippen LogP contribution is -2.54. The molecular formula is C15H32N2O4. The van der Waals surface area contributed by atoms with Crippen LogP contribution in [-0.4, -0.2) is 40.1 Å². The Balaban J connectivity index is 4.58. The van der Waals surface area contributed by atoms with Gasteiger partial charge in [0.25, 0.3) is 0 Å². The third-order valence-electron chi connectivity index (χ3n) is 3.00. The molecule has 0 saturated carbocycles. The zero-order valence-corrected chi connectivity index (χ0v) is 14.4. The number of carbonyl (C=O) groups is 1. The van der Waals surface area contributed by atoms with E-state index in [0.717, 1.165) is 6.42 Å². The van der Waals surface area contributed by atoms with Crippen LogP contribution in [0.15, 0.2) is 0 Å². The van der Waals surface area contributed by atoms with E-state index in [1.807, 2.05) is 27.7 Å². The smallest absolute Gasteiger partial charge is 0.350 e. The first-order valence-electron chi connectivity index (χ1n) is 7.22. The summed E-state index contributed by atoms with van der Waals surface area (Å²) >= 11 is 0. The van der Waals surface area contributed by atoms with E-state index in [2.05, 4.69) is 0 Å². The Hall–Kier alpha value is -0.690. The molecule has 0 bridgehead atoms. The molecule has 0 spiro atoms. The molecule has 0 saturated heterocycles. The minimum atomic E-state index is -1.72. The van der Waals surface area contributed by atoms with Crippen LogP contribution in [0.1, 0.15) is 61.3 Å². The van der Waals surface area contributed by atoms with E-state index >= 15 is 0 Å². The van der Waals surface area contributed by atoms with Crippen LogP contribution in [0, 0.1) is 0 Å². The molecule has 0 aliphatic rings. The summed E-state index contributed by atoms with van der Waals surface area (Å²) in [5.74, 6) is -1.20. The zero-order chi connectivity index (χ0) is 17.1.